The molecular weight excluding hydrogens is 430 g/mol. The molecule has 4 rings (SSSR count). The second kappa shape index (κ2) is 10.0. The molecule has 1 amide bonds. The van der Waals surface area contributed by atoms with E-state index in [2.05, 4.69) is 5.32 Å². The van der Waals surface area contributed by atoms with Gasteiger partial charge in [-0.3, -0.25) is 19.4 Å². The molecule has 34 heavy (non-hydrogen) atoms. The zero-order chi connectivity index (χ0) is 24.2. The number of fused-ring (bicyclic) bond motifs is 2. The van der Waals surface area contributed by atoms with Crippen LogP contribution in [0.15, 0.2) is 53.5 Å². The number of nitrogens with zero attached hydrogens (tertiary/aromatic N) is 3. The minimum Gasteiger partial charge on any atom is -0.382 e. The fourth-order valence-corrected chi connectivity index (χ4v) is 3.86. The van der Waals surface area contributed by atoms with Crippen LogP contribution >= 0.6 is 0 Å². The van der Waals surface area contributed by atoms with Crippen LogP contribution in [0.25, 0.3) is 16.7 Å². The van der Waals surface area contributed by atoms with E-state index in [0.717, 1.165) is 16.7 Å². The monoisotopic (exact) mass is 459 g/mol. The van der Waals surface area contributed by atoms with Gasteiger partial charge in [0.15, 0.2) is 0 Å². The topological polar surface area (TPSA) is 101 Å². The molecule has 0 aliphatic heterocycles. The van der Waals surface area contributed by atoms with Crippen molar-refractivity contribution in [1.29, 1.82) is 5.41 Å². The van der Waals surface area contributed by atoms with E-state index >= 15 is 0 Å². The third kappa shape index (κ3) is 4.77. The maximum atomic E-state index is 13.4. The van der Waals surface area contributed by atoms with Crippen LogP contribution in [0.4, 0.5) is 0 Å². The quantitative estimate of drug-likeness (QED) is 0.312. The van der Waals surface area contributed by atoms with E-state index in [1.807, 2.05) is 51.1 Å². The van der Waals surface area contributed by atoms with Gasteiger partial charge in [0, 0.05) is 26.0 Å². The number of carbonyl (C=O) groups is 1. The number of aromatic nitrogens is 3. The number of hydrogen-bond acceptors (Lipinski definition) is 5. The zero-order valence-electron chi connectivity index (χ0n) is 19.7. The van der Waals surface area contributed by atoms with Crippen molar-refractivity contribution in [2.75, 3.05) is 19.8 Å². The summed E-state index contributed by atoms with van der Waals surface area (Å²) in [5.74, 6) is -0.394. The largest absolute Gasteiger partial charge is 0.382 e. The third-order valence-corrected chi connectivity index (χ3v) is 5.72. The van der Waals surface area contributed by atoms with E-state index in [-0.39, 0.29) is 16.6 Å². The van der Waals surface area contributed by atoms with Crippen LogP contribution < -0.4 is 16.4 Å². The van der Waals surface area contributed by atoms with Crippen LogP contribution in [0.2, 0.25) is 0 Å². The van der Waals surface area contributed by atoms with Gasteiger partial charge in [0.2, 0.25) is 0 Å². The summed E-state index contributed by atoms with van der Waals surface area (Å²) >= 11 is 0. The van der Waals surface area contributed by atoms with Gasteiger partial charge in [-0.05, 0) is 50.5 Å². The number of nitrogens with one attached hydrogen (secondary N) is 2. The maximum Gasteiger partial charge on any atom is 0.267 e. The molecular formula is C26H29N5O3. The Labute approximate surface area is 197 Å². The van der Waals surface area contributed by atoms with E-state index in [1.54, 1.807) is 16.8 Å². The predicted molar refractivity (Wildman–Crippen MR) is 131 cm³/mol. The summed E-state index contributed by atoms with van der Waals surface area (Å²) in [6.07, 6.45) is 2.40. The van der Waals surface area contributed by atoms with Gasteiger partial charge in [-0.1, -0.05) is 35.9 Å². The van der Waals surface area contributed by atoms with E-state index in [4.69, 9.17) is 15.1 Å². The number of rotatable bonds is 8. The highest BCUT2D eigenvalue weighted by atomic mass is 16.5. The number of pyridine rings is 2. The maximum absolute atomic E-state index is 13.4. The van der Waals surface area contributed by atoms with Crippen molar-refractivity contribution in [3.63, 3.8) is 0 Å². The highest BCUT2D eigenvalue weighted by Crippen LogP contribution is 2.13. The molecule has 0 spiro atoms. The summed E-state index contributed by atoms with van der Waals surface area (Å²) in [5.41, 5.74) is 3.76. The van der Waals surface area contributed by atoms with E-state index < -0.39 is 5.91 Å². The molecule has 0 fully saturated rings. The Balaban J connectivity index is 1.86. The lowest BCUT2D eigenvalue weighted by molar-refractivity contribution is 0.0942. The Kier molecular flexibility index (Phi) is 6.88. The Morgan fingerprint density at radius 1 is 1.12 bits per heavy atom. The van der Waals surface area contributed by atoms with Gasteiger partial charge in [-0.25, -0.2) is 4.98 Å². The molecule has 3 heterocycles. The molecule has 0 aliphatic carbocycles. The van der Waals surface area contributed by atoms with E-state index in [1.165, 1.54) is 10.5 Å². The summed E-state index contributed by atoms with van der Waals surface area (Å²) in [6.45, 7) is 7.74. The first-order valence-corrected chi connectivity index (χ1v) is 11.4. The van der Waals surface area contributed by atoms with E-state index in [0.29, 0.717) is 49.4 Å². The third-order valence-electron chi connectivity index (χ3n) is 5.72. The van der Waals surface area contributed by atoms with Gasteiger partial charge < -0.3 is 14.6 Å². The first-order chi connectivity index (χ1) is 16.4. The van der Waals surface area contributed by atoms with Gasteiger partial charge in [-0.2, -0.15) is 0 Å². The molecule has 0 saturated carbocycles. The molecule has 176 valence electrons. The fourth-order valence-electron chi connectivity index (χ4n) is 3.86. The van der Waals surface area contributed by atoms with Crippen LogP contribution in [0.3, 0.4) is 0 Å². The van der Waals surface area contributed by atoms with Crippen molar-refractivity contribution in [3.05, 3.63) is 86.8 Å². The number of hydrogen-bond donors (Lipinski definition) is 2. The molecule has 1 aromatic carbocycles. The standard InChI is InChI=1S/C26H29N5O3/c1-4-34-13-5-12-28-25(32)20-14-21-24(29-22-11-8-18(3)15-30(22)26(21)33)31(23(20)27)16-19-9-6-17(2)7-10-19/h6-11,14-15,27H,4-5,12-13,16H2,1-3H3,(H,28,32). The number of ether oxygens (including phenoxy) is 1. The van der Waals surface area contributed by atoms with Crippen LogP contribution in [-0.4, -0.2) is 39.6 Å². The molecule has 8 heteroatoms. The smallest absolute Gasteiger partial charge is 0.267 e. The predicted octanol–water partition coefficient (Wildman–Crippen LogP) is 2.95. The van der Waals surface area contributed by atoms with Crippen molar-refractivity contribution in [3.8, 4) is 0 Å². The molecule has 4 aromatic rings. The summed E-state index contributed by atoms with van der Waals surface area (Å²) < 4.78 is 8.44. The number of benzene rings is 1. The Bertz CT molecular complexity index is 1470. The Morgan fingerprint density at radius 3 is 2.59 bits per heavy atom. The summed E-state index contributed by atoms with van der Waals surface area (Å²) in [7, 11) is 0. The van der Waals surface area contributed by atoms with Crippen LogP contribution in [-0.2, 0) is 11.3 Å². The minimum atomic E-state index is -0.394. The van der Waals surface area contributed by atoms with Crippen molar-refractivity contribution < 1.29 is 9.53 Å². The van der Waals surface area contributed by atoms with Crippen molar-refractivity contribution >= 4 is 22.6 Å². The minimum absolute atomic E-state index is 0.0127. The number of amides is 1. The van der Waals surface area contributed by atoms with Crippen LogP contribution in [0.5, 0.6) is 0 Å². The fraction of sp³-hybridized carbons (Fsp3) is 0.308. The van der Waals surface area contributed by atoms with Gasteiger partial charge >= 0.3 is 0 Å². The van der Waals surface area contributed by atoms with Crippen LogP contribution in [0, 0.1) is 19.3 Å². The second-order valence-electron chi connectivity index (χ2n) is 8.37. The summed E-state index contributed by atoms with van der Waals surface area (Å²) in [4.78, 5) is 31.1. The summed E-state index contributed by atoms with van der Waals surface area (Å²) in [5, 5.41) is 12.0. The lowest BCUT2D eigenvalue weighted by Crippen LogP contribution is -2.35. The van der Waals surface area contributed by atoms with Gasteiger partial charge in [-0.15, -0.1) is 0 Å². The molecule has 0 atom stereocenters. The molecule has 2 N–H and O–H groups in total. The van der Waals surface area contributed by atoms with Gasteiger partial charge in [0.05, 0.1) is 17.5 Å². The lowest BCUT2D eigenvalue weighted by atomic mass is 10.1. The van der Waals surface area contributed by atoms with Crippen LogP contribution in [0.1, 0.15) is 40.4 Å². The number of carbonyl (C=O) groups excluding carboxylic acids is 1. The first-order valence-electron chi connectivity index (χ1n) is 11.4. The molecule has 8 nitrogen and oxygen atoms in total. The normalized spacial score (nSPS) is 11.3. The highest BCUT2D eigenvalue weighted by Gasteiger charge is 2.18. The van der Waals surface area contributed by atoms with Crippen molar-refractivity contribution in [2.45, 2.75) is 33.7 Å². The zero-order valence-corrected chi connectivity index (χ0v) is 19.7. The molecule has 0 radical (unpaired) electrons. The molecule has 3 aromatic heterocycles. The van der Waals surface area contributed by atoms with Crippen molar-refractivity contribution in [1.82, 2.24) is 19.3 Å². The number of aryl methyl sites for hydroxylation is 2. The Morgan fingerprint density at radius 2 is 1.85 bits per heavy atom. The van der Waals surface area contributed by atoms with Gasteiger partial charge in [0.1, 0.15) is 16.8 Å². The molecule has 0 bridgehead atoms. The SMILES string of the molecule is CCOCCCNC(=O)c1cc2c(=O)n3cc(C)ccc3nc2n(Cc2ccc(C)cc2)c1=N. The first kappa shape index (κ1) is 23.4. The van der Waals surface area contributed by atoms with E-state index in [9.17, 15) is 9.59 Å². The highest BCUT2D eigenvalue weighted by molar-refractivity contribution is 5.96. The molecule has 0 unspecified atom stereocenters. The Hall–Kier alpha value is -3.78. The van der Waals surface area contributed by atoms with Crippen molar-refractivity contribution in [2.24, 2.45) is 0 Å². The molecule has 0 aliphatic rings. The summed E-state index contributed by atoms with van der Waals surface area (Å²) in [6, 6.07) is 13.1. The average molecular weight is 460 g/mol. The van der Waals surface area contributed by atoms with Gasteiger partial charge in [0.25, 0.3) is 11.5 Å². The lowest BCUT2D eigenvalue weighted by Gasteiger charge is -2.15. The molecule has 0 saturated heterocycles. The second-order valence-corrected chi connectivity index (χ2v) is 8.37. The average Bonchev–Trinajstić information content (AvgIpc) is 2.82.